The Hall–Kier alpha value is -2.65. The first-order valence-electron chi connectivity index (χ1n) is 6.43. The van der Waals surface area contributed by atoms with Crippen molar-refractivity contribution >= 4 is 17.7 Å². The fourth-order valence-corrected chi connectivity index (χ4v) is 1.97. The molecule has 3 amide bonds. The van der Waals surface area contributed by atoms with Gasteiger partial charge in [-0.25, -0.2) is 0 Å². The standard InChI is InChI=1S/C15H15N3O3/c1-18-13(19)9-12(15(18)21)17-14(20)11-6-4-10(5-7-11)3-2-8-16/h4-7,12H,8-9,16H2,1H3,(H,17,20). The summed E-state index contributed by atoms with van der Waals surface area (Å²) >= 11 is 0. The van der Waals surface area contributed by atoms with Crippen molar-refractivity contribution in [1.29, 1.82) is 0 Å². The predicted octanol–water partition coefficient (Wildman–Crippen LogP) is -0.516. The Morgan fingerprint density at radius 3 is 2.57 bits per heavy atom. The van der Waals surface area contributed by atoms with Gasteiger partial charge in [-0.3, -0.25) is 19.3 Å². The second-order valence-electron chi connectivity index (χ2n) is 4.60. The van der Waals surface area contributed by atoms with Crippen LogP contribution in [0.1, 0.15) is 22.3 Å². The number of rotatable bonds is 2. The zero-order chi connectivity index (χ0) is 15.4. The Bertz CT molecular complexity index is 640. The Labute approximate surface area is 122 Å². The summed E-state index contributed by atoms with van der Waals surface area (Å²) < 4.78 is 0. The average Bonchev–Trinajstić information content (AvgIpc) is 2.73. The zero-order valence-corrected chi connectivity index (χ0v) is 11.6. The van der Waals surface area contributed by atoms with E-state index < -0.39 is 17.9 Å². The summed E-state index contributed by atoms with van der Waals surface area (Å²) in [5.74, 6) is 4.49. The van der Waals surface area contributed by atoms with Crippen LogP contribution in [-0.4, -0.2) is 42.3 Å². The topological polar surface area (TPSA) is 92.5 Å². The molecule has 1 atom stereocenters. The van der Waals surface area contributed by atoms with Gasteiger partial charge in [-0.15, -0.1) is 0 Å². The third kappa shape index (κ3) is 3.27. The van der Waals surface area contributed by atoms with Crippen molar-refractivity contribution in [2.75, 3.05) is 13.6 Å². The normalized spacial score (nSPS) is 17.4. The molecule has 1 fully saturated rings. The number of benzene rings is 1. The number of carbonyl (C=O) groups excluding carboxylic acids is 3. The molecule has 0 radical (unpaired) electrons. The van der Waals surface area contributed by atoms with Crippen LogP contribution in [0.3, 0.4) is 0 Å². The summed E-state index contributed by atoms with van der Waals surface area (Å²) in [5, 5.41) is 2.56. The smallest absolute Gasteiger partial charge is 0.252 e. The van der Waals surface area contributed by atoms with Crippen molar-refractivity contribution in [1.82, 2.24) is 10.2 Å². The highest BCUT2D eigenvalue weighted by molar-refractivity contribution is 6.08. The summed E-state index contributed by atoms with van der Waals surface area (Å²) in [7, 11) is 1.40. The highest BCUT2D eigenvalue weighted by Gasteiger charge is 2.36. The number of hydrogen-bond acceptors (Lipinski definition) is 4. The molecule has 1 unspecified atom stereocenters. The summed E-state index contributed by atoms with van der Waals surface area (Å²) in [4.78, 5) is 36.2. The van der Waals surface area contributed by atoms with Crippen LogP contribution in [0.25, 0.3) is 0 Å². The third-order valence-corrected chi connectivity index (χ3v) is 3.17. The van der Waals surface area contributed by atoms with Gasteiger partial charge >= 0.3 is 0 Å². The van der Waals surface area contributed by atoms with Gasteiger partial charge in [0.15, 0.2) is 0 Å². The Morgan fingerprint density at radius 2 is 2.05 bits per heavy atom. The number of likely N-dealkylation sites (N-methyl/N-ethyl adjacent to an activating group) is 1. The van der Waals surface area contributed by atoms with Crippen LogP contribution in [0.5, 0.6) is 0 Å². The molecule has 3 N–H and O–H groups in total. The first-order valence-corrected chi connectivity index (χ1v) is 6.43. The average molecular weight is 285 g/mol. The van der Waals surface area contributed by atoms with Gasteiger partial charge in [0.2, 0.25) is 5.91 Å². The number of nitrogens with one attached hydrogen (secondary N) is 1. The molecule has 6 nitrogen and oxygen atoms in total. The van der Waals surface area contributed by atoms with Gasteiger partial charge in [0.25, 0.3) is 11.8 Å². The van der Waals surface area contributed by atoms with Crippen molar-refractivity contribution in [2.45, 2.75) is 12.5 Å². The summed E-state index contributed by atoms with van der Waals surface area (Å²) in [6, 6.07) is 5.84. The molecule has 108 valence electrons. The predicted molar refractivity (Wildman–Crippen MR) is 76.0 cm³/mol. The van der Waals surface area contributed by atoms with Gasteiger partial charge in [-0.2, -0.15) is 0 Å². The summed E-state index contributed by atoms with van der Waals surface area (Å²) in [6.45, 7) is 0.271. The molecular formula is C15H15N3O3. The maximum Gasteiger partial charge on any atom is 0.252 e. The van der Waals surface area contributed by atoms with E-state index in [9.17, 15) is 14.4 Å². The molecule has 2 rings (SSSR count). The molecule has 1 saturated heterocycles. The second-order valence-corrected chi connectivity index (χ2v) is 4.60. The second kappa shape index (κ2) is 6.20. The van der Waals surface area contributed by atoms with Crippen LogP contribution in [0.15, 0.2) is 24.3 Å². The lowest BCUT2D eigenvalue weighted by atomic mass is 10.1. The van der Waals surface area contributed by atoms with Gasteiger partial charge in [0, 0.05) is 18.2 Å². The highest BCUT2D eigenvalue weighted by atomic mass is 16.2. The van der Waals surface area contributed by atoms with Crippen LogP contribution in [0.4, 0.5) is 0 Å². The molecule has 1 aromatic carbocycles. The monoisotopic (exact) mass is 285 g/mol. The number of hydrogen-bond donors (Lipinski definition) is 2. The van der Waals surface area contributed by atoms with E-state index in [0.717, 1.165) is 10.5 Å². The number of amides is 3. The Balaban J connectivity index is 2.04. The molecule has 0 bridgehead atoms. The minimum absolute atomic E-state index is 0.00112. The van der Waals surface area contributed by atoms with Crippen molar-refractivity contribution in [3.8, 4) is 11.8 Å². The van der Waals surface area contributed by atoms with Crippen LogP contribution in [-0.2, 0) is 9.59 Å². The minimum Gasteiger partial charge on any atom is -0.340 e. The van der Waals surface area contributed by atoms with E-state index in [0.29, 0.717) is 5.56 Å². The number of likely N-dealkylation sites (tertiary alicyclic amines) is 1. The maximum absolute atomic E-state index is 12.0. The van der Waals surface area contributed by atoms with Gasteiger partial charge < -0.3 is 11.1 Å². The summed E-state index contributed by atoms with van der Waals surface area (Å²) in [6.07, 6.45) is 0.00112. The fraction of sp³-hybridized carbons (Fsp3) is 0.267. The van der Waals surface area contributed by atoms with Gasteiger partial charge in [0.05, 0.1) is 13.0 Å². The molecule has 0 aliphatic carbocycles. The van der Waals surface area contributed by atoms with Crippen LogP contribution in [0, 0.1) is 11.8 Å². The fourth-order valence-electron chi connectivity index (χ4n) is 1.97. The third-order valence-electron chi connectivity index (χ3n) is 3.17. The van der Waals surface area contributed by atoms with E-state index in [2.05, 4.69) is 17.2 Å². The van der Waals surface area contributed by atoms with Crippen molar-refractivity contribution in [3.63, 3.8) is 0 Å². The van der Waals surface area contributed by atoms with Crippen LogP contribution in [0.2, 0.25) is 0 Å². The number of carbonyl (C=O) groups is 3. The molecular weight excluding hydrogens is 270 g/mol. The molecule has 1 aliphatic heterocycles. The molecule has 0 saturated carbocycles. The van der Waals surface area contributed by atoms with Gasteiger partial charge in [0.1, 0.15) is 6.04 Å². The van der Waals surface area contributed by atoms with Crippen LogP contribution < -0.4 is 11.1 Å². The molecule has 1 aliphatic rings. The van der Waals surface area contributed by atoms with E-state index >= 15 is 0 Å². The van der Waals surface area contributed by atoms with E-state index in [1.165, 1.54) is 7.05 Å². The SMILES string of the molecule is CN1C(=O)CC(NC(=O)c2ccc(C#CCN)cc2)C1=O. The van der Waals surface area contributed by atoms with E-state index in [1.54, 1.807) is 24.3 Å². The van der Waals surface area contributed by atoms with Gasteiger partial charge in [-0.05, 0) is 24.3 Å². The Kier molecular flexibility index (Phi) is 4.36. The van der Waals surface area contributed by atoms with E-state index in [4.69, 9.17) is 5.73 Å². The largest absolute Gasteiger partial charge is 0.340 e. The van der Waals surface area contributed by atoms with Crippen LogP contribution >= 0.6 is 0 Å². The maximum atomic E-state index is 12.0. The number of imide groups is 1. The number of nitrogens with two attached hydrogens (primary N) is 1. The van der Waals surface area contributed by atoms with Crippen molar-refractivity contribution < 1.29 is 14.4 Å². The van der Waals surface area contributed by atoms with E-state index in [-0.39, 0.29) is 18.9 Å². The molecule has 0 aromatic heterocycles. The molecule has 21 heavy (non-hydrogen) atoms. The lowest BCUT2D eigenvalue weighted by molar-refractivity contribution is -0.137. The molecule has 6 heteroatoms. The highest BCUT2D eigenvalue weighted by Crippen LogP contribution is 2.12. The first kappa shape index (κ1) is 14.8. The quantitative estimate of drug-likeness (QED) is 0.565. The summed E-state index contributed by atoms with van der Waals surface area (Å²) in [5.41, 5.74) is 6.44. The first-order chi connectivity index (χ1) is 10.0. The molecule has 1 heterocycles. The lowest BCUT2D eigenvalue weighted by Gasteiger charge is -2.11. The zero-order valence-electron chi connectivity index (χ0n) is 11.6. The Morgan fingerprint density at radius 1 is 1.38 bits per heavy atom. The molecule has 1 aromatic rings. The van der Waals surface area contributed by atoms with Crippen molar-refractivity contribution in [2.24, 2.45) is 5.73 Å². The van der Waals surface area contributed by atoms with Crippen molar-refractivity contribution in [3.05, 3.63) is 35.4 Å². The van der Waals surface area contributed by atoms with E-state index in [1.807, 2.05) is 0 Å². The minimum atomic E-state index is -0.785. The van der Waals surface area contributed by atoms with Gasteiger partial charge in [-0.1, -0.05) is 11.8 Å². The lowest BCUT2D eigenvalue weighted by Crippen LogP contribution is -2.40. The molecule has 0 spiro atoms. The number of nitrogens with zero attached hydrogens (tertiary/aromatic N) is 1.